The number of hydrogen-bond acceptors (Lipinski definition) is 4. The molecule has 2 amide bonds. The highest BCUT2D eigenvalue weighted by Crippen LogP contribution is 2.09. The second kappa shape index (κ2) is 9.60. The lowest BCUT2D eigenvalue weighted by molar-refractivity contribution is -0.142. The summed E-state index contributed by atoms with van der Waals surface area (Å²) in [5.74, 6) is -1.78. The predicted molar refractivity (Wildman–Crippen MR) is 97.7 cm³/mol. The molecule has 142 valence electrons. The summed E-state index contributed by atoms with van der Waals surface area (Å²) in [5, 5.41) is 14.1. The Morgan fingerprint density at radius 2 is 1.77 bits per heavy atom. The fourth-order valence-electron chi connectivity index (χ4n) is 2.17. The molecule has 0 spiro atoms. The third kappa shape index (κ3) is 7.83. The van der Waals surface area contributed by atoms with E-state index in [1.807, 2.05) is 30.3 Å². The predicted octanol–water partition coefficient (Wildman–Crippen LogP) is 2.27. The molecule has 0 heterocycles. The van der Waals surface area contributed by atoms with Crippen molar-refractivity contribution in [1.29, 1.82) is 0 Å². The fourth-order valence-corrected chi connectivity index (χ4v) is 2.17. The molecular formula is C19H26N2O5. The summed E-state index contributed by atoms with van der Waals surface area (Å²) in [6, 6.07) is 7.01. The van der Waals surface area contributed by atoms with Gasteiger partial charge >= 0.3 is 12.1 Å². The lowest BCUT2D eigenvalue weighted by Crippen LogP contribution is -2.53. The fraction of sp³-hybridized carbons (Fsp3) is 0.421. The highest BCUT2D eigenvalue weighted by atomic mass is 16.6. The van der Waals surface area contributed by atoms with E-state index in [1.165, 1.54) is 6.08 Å². The maximum absolute atomic E-state index is 12.6. The second-order valence-corrected chi connectivity index (χ2v) is 6.81. The van der Waals surface area contributed by atoms with Gasteiger partial charge in [0, 0.05) is 6.42 Å². The number of carboxylic acids is 1. The van der Waals surface area contributed by atoms with Gasteiger partial charge in [0.2, 0.25) is 5.91 Å². The van der Waals surface area contributed by atoms with Gasteiger partial charge in [-0.2, -0.15) is 0 Å². The Kier molecular flexibility index (Phi) is 7.83. The quantitative estimate of drug-likeness (QED) is 0.615. The molecular weight excluding hydrogens is 336 g/mol. The third-order valence-electron chi connectivity index (χ3n) is 3.31. The molecule has 2 atom stereocenters. The molecule has 1 aromatic rings. The Bertz CT molecular complexity index is 637. The van der Waals surface area contributed by atoms with Crippen molar-refractivity contribution in [2.45, 2.75) is 51.3 Å². The molecule has 0 saturated heterocycles. The average Bonchev–Trinajstić information content (AvgIpc) is 2.52. The van der Waals surface area contributed by atoms with Gasteiger partial charge in [-0.25, -0.2) is 9.59 Å². The van der Waals surface area contributed by atoms with Crippen molar-refractivity contribution >= 4 is 18.0 Å². The van der Waals surface area contributed by atoms with E-state index >= 15 is 0 Å². The molecule has 0 aliphatic rings. The van der Waals surface area contributed by atoms with E-state index < -0.39 is 35.7 Å². The van der Waals surface area contributed by atoms with Gasteiger partial charge in [-0.1, -0.05) is 36.4 Å². The summed E-state index contributed by atoms with van der Waals surface area (Å²) in [7, 11) is 0. The van der Waals surface area contributed by atoms with Crippen LogP contribution in [-0.4, -0.2) is 40.8 Å². The van der Waals surface area contributed by atoms with Crippen LogP contribution in [0.25, 0.3) is 0 Å². The molecule has 0 fully saturated rings. The minimum absolute atomic E-state index is 0.0750. The number of rotatable bonds is 8. The molecule has 0 aliphatic heterocycles. The number of hydrogen-bond donors (Lipinski definition) is 3. The lowest BCUT2D eigenvalue weighted by Gasteiger charge is -2.24. The zero-order chi connectivity index (χ0) is 19.7. The van der Waals surface area contributed by atoms with E-state index in [4.69, 9.17) is 4.74 Å². The van der Waals surface area contributed by atoms with Gasteiger partial charge in [0.25, 0.3) is 0 Å². The first-order chi connectivity index (χ1) is 12.1. The van der Waals surface area contributed by atoms with Crippen molar-refractivity contribution in [3.63, 3.8) is 0 Å². The van der Waals surface area contributed by atoms with E-state index in [2.05, 4.69) is 17.2 Å². The van der Waals surface area contributed by atoms with E-state index in [9.17, 15) is 19.5 Å². The van der Waals surface area contributed by atoms with Gasteiger partial charge in [-0.3, -0.25) is 4.79 Å². The Balaban J connectivity index is 2.91. The second-order valence-electron chi connectivity index (χ2n) is 6.81. The van der Waals surface area contributed by atoms with Crippen LogP contribution in [0.5, 0.6) is 0 Å². The van der Waals surface area contributed by atoms with E-state index in [1.54, 1.807) is 20.8 Å². The van der Waals surface area contributed by atoms with Crippen LogP contribution in [0, 0.1) is 0 Å². The van der Waals surface area contributed by atoms with Crippen LogP contribution in [0.15, 0.2) is 43.0 Å². The SMILES string of the molecule is C=CCC(NC(=O)[C@H](Cc1ccccc1)NC(=O)OC(C)(C)C)C(=O)O. The summed E-state index contributed by atoms with van der Waals surface area (Å²) in [4.78, 5) is 35.9. The molecule has 7 nitrogen and oxygen atoms in total. The first-order valence-corrected chi connectivity index (χ1v) is 8.30. The maximum atomic E-state index is 12.6. The van der Waals surface area contributed by atoms with Crippen LogP contribution in [0.2, 0.25) is 0 Å². The largest absolute Gasteiger partial charge is 0.480 e. The highest BCUT2D eigenvalue weighted by Gasteiger charge is 2.27. The molecule has 0 radical (unpaired) electrons. The van der Waals surface area contributed by atoms with Crippen LogP contribution in [0.3, 0.4) is 0 Å². The topological polar surface area (TPSA) is 105 Å². The van der Waals surface area contributed by atoms with Gasteiger partial charge in [-0.05, 0) is 32.8 Å². The van der Waals surface area contributed by atoms with E-state index in [0.717, 1.165) is 5.56 Å². The minimum Gasteiger partial charge on any atom is -0.480 e. The average molecular weight is 362 g/mol. The van der Waals surface area contributed by atoms with Gasteiger partial charge in [0.1, 0.15) is 17.7 Å². The molecule has 0 aliphatic carbocycles. The third-order valence-corrected chi connectivity index (χ3v) is 3.31. The maximum Gasteiger partial charge on any atom is 0.408 e. The van der Waals surface area contributed by atoms with Gasteiger partial charge in [0.05, 0.1) is 0 Å². The molecule has 0 saturated carbocycles. The number of alkyl carbamates (subject to hydrolysis) is 1. The molecule has 3 N–H and O–H groups in total. The van der Waals surface area contributed by atoms with Crippen molar-refractivity contribution in [2.24, 2.45) is 0 Å². The molecule has 1 aromatic carbocycles. The Morgan fingerprint density at radius 1 is 1.15 bits per heavy atom. The molecule has 26 heavy (non-hydrogen) atoms. The normalized spacial score (nSPS) is 13.2. The van der Waals surface area contributed by atoms with E-state index in [-0.39, 0.29) is 12.8 Å². The van der Waals surface area contributed by atoms with Crippen LogP contribution in [0.1, 0.15) is 32.8 Å². The number of aliphatic carboxylic acids is 1. The molecule has 1 unspecified atom stereocenters. The number of nitrogens with one attached hydrogen (secondary N) is 2. The van der Waals surface area contributed by atoms with E-state index in [0.29, 0.717) is 0 Å². The van der Waals surface area contributed by atoms with Crippen LogP contribution in [0.4, 0.5) is 4.79 Å². The zero-order valence-electron chi connectivity index (χ0n) is 15.3. The zero-order valence-corrected chi connectivity index (χ0v) is 15.3. The summed E-state index contributed by atoms with van der Waals surface area (Å²) >= 11 is 0. The van der Waals surface area contributed by atoms with Gasteiger partial charge in [-0.15, -0.1) is 6.58 Å². The van der Waals surface area contributed by atoms with Crippen molar-refractivity contribution < 1.29 is 24.2 Å². The molecule has 7 heteroatoms. The van der Waals surface area contributed by atoms with Crippen molar-refractivity contribution in [2.75, 3.05) is 0 Å². The van der Waals surface area contributed by atoms with Crippen LogP contribution >= 0.6 is 0 Å². The Morgan fingerprint density at radius 3 is 2.27 bits per heavy atom. The van der Waals surface area contributed by atoms with Gasteiger partial charge in [0.15, 0.2) is 0 Å². The summed E-state index contributed by atoms with van der Waals surface area (Å²) in [6.07, 6.45) is 0.939. The molecule has 0 bridgehead atoms. The number of amides is 2. The summed E-state index contributed by atoms with van der Waals surface area (Å²) in [6.45, 7) is 8.62. The summed E-state index contributed by atoms with van der Waals surface area (Å²) in [5.41, 5.74) is 0.101. The molecule has 0 aromatic heterocycles. The van der Waals surface area contributed by atoms with Crippen molar-refractivity contribution in [3.05, 3.63) is 48.6 Å². The monoisotopic (exact) mass is 362 g/mol. The number of carbonyl (C=O) groups excluding carboxylic acids is 2. The van der Waals surface area contributed by atoms with Gasteiger partial charge < -0.3 is 20.5 Å². The number of ether oxygens (including phenoxy) is 1. The number of benzene rings is 1. The number of carboxylic acid groups (broad SMARTS) is 1. The standard InChI is InChI=1S/C19H26N2O5/c1-5-9-14(17(23)24)20-16(22)15(12-13-10-7-6-8-11-13)21-18(25)26-19(2,3)4/h5-8,10-11,14-15H,1,9,12H2,2-4H3,(H,20,22)(H,21,25)(H,23,24)/t14?,15-/m0/s1. The first-order valence-electron chi connectivity index (χ1n) is 8.30. The van der Waals surface area contributed by atoms with Crippen molar-refractivity contribution in [3.8, 4) is 0 Å². The first kappa shape index (κ1) is 21.2. The lowest BCUT2D eigenvalue weighted by atomic mass is 10.0. The van der Waals surface area contributed by atoms with Crippen LogP contribution in [-0.2, 0) is 20.7 Å². The summed E-state index contributed by atoms with van der Waals surface area (Å²) < 4.78 is 5.19. The highest BCUT2D eigenvalue weighted by molar-refractivity contribution is 5.89. The minimum atomic E-state index is -1.17. The van der Waals surface area contributed by atoms with Crippen molar-refractivity contribution in [1.82, 2.24) is 10.6 Å². The number of carbonyl (C=O) groups is 3. The molecule has 1 rings (SSSR count). The van der Waals surface area contributed by atoms with Crippen LogP contribution < -0.4 is 10.6 Å². The Labute approximate surface area is 153 Å². The smallest absolute Gasteiger partial charge is 0.408 e. The Hall–Kier alpha value is -2.83.